The minimum absolute atomic E-state index is 0.0248. The van der Waals surface area contributed by atoms with Crippen LogP contribution in [-0.2, 0) is 20.7 Å². The number of carbonyl (C=O) groups is 3. The van der Waals surface area contributed by atoms with Crippen molar-refractivity contribution >= 4 is 52.7 Å². The molecule has 11 heteroatoms. The zero-order chi connectivity index (χ0) is 28.0. The Morgan fingerprint density at radius 3 is 2.16 bits per heavy atom. The molecule has 0 spiro atoms. The summed E-state index contributed by atoms with van der Waals surface area (Å²) in [5, 5.41) is 15.6. The Kier molecular flexibility index (Phi) is 13.6. The summed E-state index contributed by atoms with van der Waals surface area (Å²) in [5.74, 6) is -0.889. The van der Waals surface area contributed by atoms with E-state index in [-0.39, 0.29) is 25.7 Å². The second kappa shape index (κ2) is 15.8. The van der Waals surface area contributed by atoms with E-state index in [0.29, 0.717) is 27.0 Å². The van der Waals surface area contributed by atoms with Crippen molar-refractivity contribution in [1.82, 2.24) is 5.32 Å². The van der Waals surface area contributed by atoms with Gasteiger partial charge < -0.3 is 30.9 Å². The summed E-state index contributed by atoms with van der Waals surface area (Å²) < 4.78 is 9.92. The lowest BCUT2D eigenvalue weighted by Crippen LogP contribution is -2.37. The van der Waals surface area contributed by atoms with E-state index in [1.165, 1.54) is 0 Å². The van der Waals surface area contributed by atoms with Crippen LogP contribution in [0.25, 0.3) is 0 Å². The first-order valence-electron chi connectivity index (χ1n) is 11.7. The molecule has 0 bridgehead atoms. The Morgan fingerprint density at radius 2 is 1.62 bits per heavy atom. The summed E-state index contributed by atoms with van der Waals surface area (Å²) in [6.07, 6.45) is 0.323. The second-order valence-corrected chi connectivity index (χ2v) is 9.81. The Hall–Kier alpha value is -3.17. The third kappa shape index (κ3) is 12.6. The van der Waals surface area contributed by atoms with Gasteiger partial charge in [-0.3, -0.25) is 4.79 Å². The van der Waals surface area contributed by atoms with Crippen LogP contribution in [-0.4, -0.2) is 42.5 Å². The van der Waals surface area contributed by atoms with Crippen molar-refractivity contribution < 1.29 is 29.0 Å². The molecule has 0 aliphatic carbocycles. The summed E-state index contributed by atoms with van der Waals surface area (Å²) in [4.78, 5) is 32.8. The largest absolute Gasteiger partial charge is 0.481 e. The topological polar surface area (TPSA) is 140 Å². The van der Waals surface area contributed by atoms with Gasteiger partial charge in [0, 0.05) is 17.1 Å². The minimum atomic E-state index is -0.889. The molecule has 2 rings (SSSR count). The standard InChI is InChI=1S/C14H11Cl2NO2.C12H24N2O4/c15-10-5-3-6-11(16)14(10)17-12-7-2-1-4-9(12)8-13(18)19;1-5-6-12(4,7-17-10(13)15)8-18-11(16)14-9(2)3/h1-7,17H,8H2,(H,18,19);9H,5-8H2,1-4H3,(H2,13,15)(H,14,16). The highest BCUT2D eigenvalue weighted by molar-refractivity contribution is 6.39. The van der Waals surface area contributed by atoms with E-state index in [9.17, 15) is 14.4 Å². The molecule has 1 unspecified atom stereocenters. The summed E-state index contributed by atoms with van der Waals surface area (Å²) in [7, 11) is 0. The number of carboxylic acid groups (broad SMARTS) is 1. The molecule has 0 heterocycles. The normalized spacial score (nSPS) is 12.0. The quantitative estimate of drug-likeness (QED) is 0.252. The van der Waals surface area contributed by atoms with Crippen molar-refractivity contribution in [2.75, 3.05) is 18.5 Å². The SMILES string of the molecule is CCCC(C)(COC(N)=O)COC(=O)NC(C)C.O=C(O)Cc1ccccc1Nc1c(Cl)cccc1Cl. The minimum Gasteiger partial charge on any atom is -0.481 e. The lowest BCUT2D eigenvalue weighted by atomic mass is 9.87. The number of amides is 2. The lowest BCUT2D eigenvalue weighted by molar-refractivity contribution is -0.136. The molecule has 2 aromatic carbocycles. The fraction of sp³-hybridized carbons (Fsp3) is 0.423. The van der Waals surface area contributed by atoms with E-state index in [0.717, 1.165) is 12.8 Å². The van der Waals surface area contributed by atoms with Crippen LogP contribution in [0.15, 0.2) is 42.5 Å². The molecule has 0 radical (unpaired) electrons. The predicted molar refractivity (Wildman–Crippen MR) is 146 cm³/mol. The van der Waals surface area contributed by atoms with Crippen LogP contribution in [0.4, 0.5) is 21.0 Å². The first-order chi connectivity index (χ1) is 17.4. The van der Waals surface area contributed by atoms with Crippen LogP contribution in [0, 0.1) is 5.41 Å². The number of hydrogen-bond acceptors (Lipinski definition) is 6. The Labute approximate surface area is 227 Å². The molecule has 0 aliphatic rings. The van der Waals surface area contributed by atoms with Crippen molar-refractivity contribution in [3.05, 3.63) is 58.1 Å². The monoisotopic (exact) mass is 555 g/mol. The van der Waals surface area contributed by atoms with Gasteiger partial charge >= 0.3 is 18.2 Å². The number of alkyl carbamates (subject to hydrolysis) is 1. The highest BCUT2D eigenvalue weighted by Gasteiger charge is 2.27. The van der Waals surface area contributed by atoms with E-state index in [1.54, 1.807) is 36.4 Å². The summed E-state index contributed by atoms with van der Waals surface area (Å²) in [6.45, 7) is 7.93. The van der Waals surface area contributed by atoms with Gasteiger partial charge in [0.15, 0.2) is 0 Å². The Bertz CT molecular complexity index is 1030. The average molecular weight is 556 g/mol. The number of nitrogens with one attached hydrogen (secondary N) is 2. The Morgan fingerprint density at radius 1 is 1.03 bits per heavy atom. The first-order valence-corrected chi connectivity index (χ1v) is 12.5. The van der Waals surface area contributed by atoms with Gasteiger partial charge in [-0.05, 0) is 44.0 Å². The number of para-hydroxylation sites is 2. The number of aliphatic carboxylic acids is 1. The van der Waals surface area contributed by atoms with Gasteiger partial charge in [0.2, 0.25) is 0 Å². The first kappa shape index (κ1) is 31.9. The molecule has 0 fully saturated rings. The van der Waals surface area contributed by atoms with E-state index in [4.69, 9.17) is 43.5 Å². The van der Waals surface area contributed by atoms with E-state index >= 15 is 0 Å². The van der Waals surface area contributed by atoms with Crippen LogP contribution >= 0.6 is 23.2 Å². The lowest BCUT2D eigenvalue weighted by Gasteiger charge is -2.27. The molecule has 0 saturated heterocycles. The van der Waals surface area contributed by atoms with Gasteiger partial charge in [-0.15, -0.1) is 0 Å². The van der Waals surface area contributed by atoms with Crippen molar-refractivity contribution in [2.45, 2.75) is 53.0 Å². The molecule has 0 aliphatic heterocycles. The molecule has 0 saturated carbocycles. The number of ether oxygens (including phenoxy) is 2. The number of halogens is 2. The van der Waals surface area contributed by atoms with E-state index < -0.39 is 23.6 Å². The number of primary amides is 1. The van der Waals surface area contributed by atoms with Gasteiger partial charge in [-0.2, -0.15) is 0 Å². The smallest absolute Gasteiger partial charge is 0.407 e. The highest BCUT2D eigenvalue weighted by atomic mass is 35.5. The van der Waals surface area contributed by atoms with Crippen LogP contribution in [0.5, 0.6) is 0 Å². The van der Waals surface area contributed by atoms with Crippen LogP contribution < -0.4 is 16.4 Å². The molecular formula is C26H35Cl2N3O6. The van der Waals surface area contributed by atoms with Crippen LogP contribution in [0.1, 0.15) is 46.1 Å². The molecule has 9 nitrogen and oxygen atoms in total. The third-order valence-electron chi connectivity index (χ3n) is 4.96. The fourth-order valence-electron chi connectivity index (χ4n) is 3.26. The molecule has 2 aromatic rings. The Balaban J connectivity index is 0.000000371. The third-order valence-corrected chi connectivity index (χ3v) is 5.59. The summed E-state index contributed by atoms with van der Waals surface area (Å²) in [6, 6.07) is 12.4. The fourth-order valence-corrected chi connectivity index (χ4v) is 3.76. The molecule has 204 valence electrons. The van der Waals surface area contributed by atoms with Gasteiger partial charge in [0.25, 0.3) is 0 Å². The molecule has 37 heavy (non-hydrogen) atoms. The number of benzene rings is 2. The number of anilines is 2. The molecular weight excluding hydrogens is 521 g/mol. The zero-order valence-electron chi connectivity index (χ0n) is 21.5. The van der Waals surface area contributed by atoms with E-state index in [1.807, 2.05) is 33.8 Å². The number of carbonyl (C=O) groups excluding carboxylic acids is 2. The predicted octanol–water partition coefficient (Wildman–Crippen LogP) is 6.39. The molecule has 1 atom stereocenters. The van der Waals surface area contributed by atoms with Gasteiger partial charge in [-0.1, -0.05) is 67.7 Å². The van der Waals surface area contributed by atoms with Gasteiger partial charge in [0.1, 0.15) is 13.2 Å². The number of nitrogens with two attached hydrogens (primary N) is 1. The number of rotatable bonds is 11. The summed E-state index contributed by atoms with van der Waals surface area (Å²) in [5.41, 5.74) is 6.46. The number of carboxylic acids is 1. The van der Waals surface area contributed by atoms with Crippen molar-refractivity contribution in [1.29, 1.82) is 0 Å². The molecule has 2 amide bonds. The maximum Gasteiger partial charge on any atom is 0.407 e. The van der Waals surface area contributed by atoms with E-state index in [2.05, 4.69) is 10.6 Å². The highest BCUT2D eigenvalue weighted by Crippen LogP contribution is 2.33. The molecule has 0 aromatic heterocycles. The zero-order valence-corrected chi connectivity index (χ0v) is 23.0. The van der Waals surface area contributed by atoms with Crippen LogP contribution in [0.3, 0.4) is 0 Å². The molecule has 5 N–H and O–H groups in total. The average Bonchev–Trinajstić information content (AvgIpc) is 2.80. The van der Waals surface area contributed by atoms with Gasteiger partial charge in [0.05, 0.1) is 22.2 Å². The van der Waals surface area contributed by atoms with Crippen molar-refractivity contribution in [2.24, 2.45) is 11.1 Å². The maximum absolute atomic E-state index is 11.4. The van der Waals surface area contributed by atoms with Gasteiger partial charge in [-0.25, -0.2) is 9.59 Å². The summed E-state index contributed by atoms with van der Waals surface area (Å²) >= 11 is 12.1. The van der Waals surface area contributed by atoms with Crippen molar-refractivity contribution in [3.8, 4) is 0 Å². The number of hydrogen-bond donors (Lipinski definition) is 4. The second-order valence-electron chi connectivity index (χ2n) is 8.99. The van der Waals surface area contributed by atoms with Crippen molar-refractivity contribution in [3.63, 3.8) is 0 Å². The maximum atomic E-state index is 11.4. The van der Waals surface area contributed by atoms with Crippen LogP contribution in [0.2, 0.25) is 10.0 Å².